The molecule has 2 aromatic heterocycles. The lowest BCUT2D eigenvalue weighted by Gasteiger charge is -2.19. The Balaban J connectivity index is 0.835. The van der Waals surface area contributed by atoms with Gasteiger partial charge in [0.15, 0.2) is 69.0 Å². The van der Waals surface area contributed by atoms with Gasteiger partial charge in [-0.05, 0) is 147 Å². The van der Waals surface area contributed by atoms with Crippen molar-refractivity contribution in [3.8, 4) is 69.0 Å². The highest BCUT2D eigenvalue weighted by Crippen LogP contribution is 2.48. The lowest BCUT2D eigenvalue weighted by atomic mass is 9.97. The van der Waals surface area contributed by atoms with E-state index in [2.05, 4.69) is 142 Å². The van der Waals surface area contributed by atoms with E-state index in [0.29, 0.717) is 102 Å². The Morgan fingerprint density at radius 3 is 0.375 bits per heavy atom. The lowest BCUT2D eigenvalue weighted by Crippen LogP contribution is -2.05. The Morgan fingerprint density at radius 1 is 0.133 bits per heavy atom. The minimum atomic E-state index is 0.586. The van der Waals surface area contributed by atoms with E-state index in [1.165, 1.54) is 141 Å². The van der Waals surface area contributed by atoms with Crippen molar-refractivity contribution in [3.05, 3.63) is 72.8 Å². The van der Waals surface area contributed by atoms with Gasteiger partial charge in [0.1, 0.15) is 0 Å². The molecule has 128 heavy (non-hydrogen) atoms. The van der Waals surface area contributed by atoms with Crippen molar-refractivity contribution >= 4 is 87.2 Å². The molecule has 0 saturated carbocycles. The number of unbranched alkanes of at least 4 members (excludes halogenated alkanes) is 39. The minimum absolute atomic E-state index is 0.586. The highest BCUT2D eigenvalue weighted by atomic mass is 16.5. The van der Waals surface area contributed by atoms with E-state index in [0.717, 1.165) is 313 Å². The van der Waals surface area contributed by atoms with Gasteiger partial charge in [-0.1, -0.05) is 313 Å². The molecule has 0 radical (unpaired) electrons. The van der Waals surface area contributed by atoms with Crippen LogP contribution < -0.4 is 56.8 Å². The minimum Gasteiger partial charge on any atom is -0.490 e. The average molecular weight is 1760 g/mol. The largest absolute Gasteiger partial charge is 0.490 e. The van der Waals surface area contributed by atoms with Crippen LogP contribution in [0.4, 0.5) is 0 Å². The molecule has 0 aliphatic carbocycles. The third-order valence-corrected chi connectivity index (χ3v) is 25.0. The van der Waals surface area contributed by atoms with Crippen LogP contribution in [0.5, 0.6) is 69.0 Å². The summed E-state index contributed by atoms with van der Waals surface area (Å²) in [6.07, 6.45) is 55.7. The molecular formula is C112H166N4O12. The number of fused-ring (bicyclic) bond motifs is 14. The van der Waals surface area contributed by atoms with Crippen LogP contribution in [0.3, 0.4) is 0 Å². The third kappa shape index (κ3) is 32.3. The smallest absolute Gasteiger partial charge is 0.163 e. The SMILES string of the molecule is CCCCCCOc1cc2c3cc(OCCCCCC)c(OCCCCCC)cc3c3nc4cc(OCCCCCCCCCCCCOc5cc6nc7c8cc(OCCCCCC)c(OCCCCCC)cc8c8cc(OCCCCCC)c(OCCCCCC)cc8c7nc6cc5OCCCCCC)c(OCCCCCC)cc4nc3c2cc1OCCCCCC. The first-order valence-corrected chi connectivity index (χ1v) is 52.2. The zero-order chi connectivity index (χ0) is 89.8. The zero-order valence-corrected chi connectivity index (χ0v) is 81.5. The summed E-state index contributed by atoms with van der Waals surface area (Å²) in [7, 11) is 0. The topological polar surface area (TPSA) is 162 Å². The van der Waals surface area contributed by atoms with Crippen molar-refractivity contribution in [2.75, 3.05) is 79.3 Å². The quantitative estimate of drug-likeness (QED) is 0.0201. The Labute approximate surface area is 770 Å². The normalized spacial score (nSPS) is 11.7. The van der Waals surface area contributed by atoms with Crippen molar-refractivity contribution in [2.45, 2.75) is 390 Å². The van der Waals surface area contributed by atoms with Gasteiger partial charge in [-0.25, -0.2) is 19.9 Å². The molecule has 0 spiro atoms. The Hall–Kier alpha value is -8.40. The molecular weight excluding hydrogens is 1590 g/mol. The van der Waals surface area contributed by atoms with E-state index in [-0.39, 0.29) is 0 Å². The van der Waals surface area contributed by atoms with E-state index in [1.54, 1.807) is 0 Å². The van der Waals surface area contributed by atoms with E-state index < -0.39 is 0 Å². The first kappa shape index (κ1) is 102. The first-order chi connectivity index (χ1) is 63.2. The maximum atomic E-state index is 6.81. The molecule has 0 saturated heterocycles. The van der Waals surface area contributed by atoms with Gasteiger partial charge in [-0.3, -0.25) is 0 Å². The van der Waals surface area contributed by atoms with Gasteiger partial charge in [0.25, 0.3) is 0 Å². The Bertz CT molecular complexity index is 4540. The maximum Gasteiger partial charge on any atom is 0.163 e. The third-order valence-electron chi connectivity index (χ3n) is 25.0. The molecule has 2 heterocycles. The summed E-state index contributed by atoms with van der Waals surface area (Å²) in [5.41, 5.74) is 6.20. The summed E-state index contributed by atoms with van der Waals surface area (Å²) >= 11 is 0. The van der Waals surface area contributed by atoms with E-state index in [1.807, 2.05) is 0 Å². The molecule has 10 rings (SSSR count). The second-order valence-electron chi connectivity index (χ2n) is 36.1. The second kappa shape index (κ2) is 59.8. The number of nitrogens with zero attached hydrogens (tertiary/aromatic N) is 4. The molecule has 0 fully saturated rings. The summed E-state index contributed by atoms with van der Waals surface area (Å²) in [5.74, 6) is 8.85. The summed E-state index contributed by atoms with van der Waals surface area (Å²) in [6, 6.07) is 25.7. The zero-order valence-electron chi connectivity index (χ0n) is 81.5. The number of hydrogen-bond acceptors (Lipinski definition) is 16. The van der Waals surface area contributed by atoms with Gasteiger partial charge in [0.05, 0.1) is 123 Å². The number of aromatic nitrogens is 4. The second-order valence-corrected chi connectivity index (χ2v) is 36.1. The fourth-order valence-electron chi connectivity index (χ4n) is 17.2. The Morgan fingerprint density at radius 2 is 0.242 bits per heavy atom. The molecule has 0 bridgehead atoms. The fraction of sp³-hybridized carbons (Fsp3) is 0.643. The van der Waals surface area contributed by atoms with Gasteiger partial charge in [0.2, 0.25) is 0 Å². The summed E-state index contributed by atoms with van der Waals surface area (Å²) < 4.78 is 81.1. The molecule has 8 aromatic carbocycles. The van der Waals surface area contributed by atoms with Crippen LogP contribution in [-0.2, 0) is 0 Å². The molecule has 0 unspecified atom stereocenters. The summed E-state index contributed by atoms with van der Waals surface area (Å²) in [4.78, 5) is 22.5. The van der Waals surface area contributed by atoms with Gasteiger partial charge in [-0.15, -0.1) is 0 Å². The van der Waals surface area contributed by atoms with Crippen molar-refractivity contribution in [1.82, 2.24) is 19.9 Å². The van der Waals surface area contributed by atoms with Crippen molar-refractivity contribution in [2.24, 2.45) is 0 Å². The maximum absolute atomic E-state index is 6.81. The van der Waals surface area contributed by atoms with Crippen LogP contribution in [0, 0.1) is 0 Å². The van der Waals surface area contributed by atoms with E-state index >= 15 is 0 Å². The first-order valence-electron chi connectivity index (χ1n) is 52.2. The number of hydrogen-bond donors (Lipinski definition) is 0. The number of ether oxygens (including phenoxy) is 12. The van der Waals surface area contributed by atoms with Gasteiger partial charge in [0, 0.05) is 45.8 Å². The van der Waals surface area contributed by atoms with Crippen LogP contribution in [0.15, 0.2) is 72.8 Å². The van der Waals surface area contributed by atoms with Crippen LogP contribution in [-0.4, -0.2) is 99.2 Å². The molecule has 0 aliphatic heterocycles. The molecule has 16 heteroatoms. The fourth-order valence-corrected chi connectivity index (χ4v) is 17.2. The monoisotopic (exact) mass is 1760 g/mol. The van der Waals surface area contributed by atoms with E-state index in [9.17, 15) is 0 Å². The Kier molecular flexibility index (Phi) is 47.5. The van der Waals surface area contributed by atoms with Crippen molar-refractivity contribution in [3.63, 3.8) is 0 Å². The van der Waals surface area contributed by atoms with Crippen molar-refractivity contribution < 1.29 is 56.8 Å². The lowest BCUT2D eigenvalue weighted by molar-refractivity contribution is 0.258. The van der Waals surface area contributed by atoms with Crippen LogP contribution in [0.25, 0.3) is 87.2 Å². The molecule has 0 aliphatic rings. The van der Waals surface area contributed by atoms with Gasteiger partial charge >= 0.3 is 0 Å². The van der Waals surface area contributed by atoms with Crippen LogP contribution >= 0.6 is 0 Å². The molecule has 0 N–H and O–H groups in total. The molecule has 0 atom stereocenters. The predicted octanol–water partition coefficient (Wildman–Crippen LogP) is 33.4. The van der Waals surface area contributed by atoms with Crippen LogP contribution in [0.2, 0.25) is 0 Å². The molecule has 0 amide bonds. The van der Waals surface area contributed by atoms with Crippen molar-refractivity contribution in [1.29, 1.82) is 0 Å². The number of rotatable bonds is 75. The highest BCUT2D eigenvalue weighted by molar-refractivity contribution is 6.26. The average Bonchev–Trinajstić information content (AvgIpc) is 0.726. The van der Waals surface area contributed by atoms with Crippen LogP contribution in [0.1, 0.15) is 390 Å². The summed E-state index contributed by atoms with van der Waals surface area (Å²) in [6.45, 7) is 29.8. The predicted molar refractivity (Wildman–Crippen MR) is 538 cm³/mol. The van der Waals surface area contributed by atoms with Gasteiger partial charge < -0.3 is 56.8 Å². The summed E-state index contributed by atoms with van der Waals surface area (Å²) in [5, 5.41) is 7.90. The van der Waals surface area contributed by atoms with E-state index in [4.69, 9.17) is 76.8 Å². The highest BCUT2D eigenvalue weighted by Gasteiger charge is 2.25. The molecule has 10 aromatic rings. The molecule has 706 valence electrons. The van der Waals surface area contributed by atoms with Gasteiger partial charge in [-0.2, -0.15) is 0 Å². The number of benzene rings is 8. The standard InChI is InChI=1S/C112H166N4O12/c1-11-21-31-49-61-117-97-73-85-87-75-99(119-63-51-33-23-13-3)103(123-67-55-37-27-17-7)79-91(87)111-109(89(85)77-101(97)121-65-53-35-25-15-5)113-93-81-105(125-69-57-39-29-19-9)107(83-95(93)115-111)127-71-59-47-45-43-41-42-44-46-48-60-72-128-108-84-96-94(82-106(108)126-70-58-40-30-20-10)114-110-90-78-102(122-66-54-36-26-16-6)98(118-62-50-32-22-12-2)74-86(90)88-76-100(120-64-52-34-24-14-4)104(80-92(88)112(110)116-96)124-68-56-38-28-18-8/h73-84H,11-72H2,1-10H3. The molecule has 16 nitrogen and oxygen atoms in total.